The lowest BCUT2D eigenvalue weighted by Gasteiger charge is -2.32. The first kappa shape index (κ1) is 13.5. The average molecular weight is 222 g/mol. The Hall–Kier alpha value is -0.520. The first-order valence-corrected chi connectivity index (χ1v) is 6.69. The molecule has 1 saturated heterocycles. The molecule has 1 rings (SSSR count). The van der Waals surface area contributed by atoms with Crippen LogP contribution in [0.1, 0.15) is 39.5 Å². The van der Waals surface area contributed by atoms with Crippen molar-refractivity contribution in [3.8, 4) is 11.8 Å². The molecule has 0 aromatic heterocycles. The van der Waals surface area contributed by atoms with Gasteiger partial charge < -0.3 is 10.2 Å². The summed E-state index contributed by atoms with van der Waals surface area (Å²) in [5.41, 5.74) is 0. The summed E-state index contributed by atoms with van der Waals surface area (Å²) >= 11 is 0. The molecule has 2 heteroatoms. The first-order valence-electron chi connectivity index (χ1n) is 6.69. The second-order valence-electron chi connectivity index (χ2n) is 4.69. The lowest BCUT2D eigenvalue weighted by atomic mass is 9.98. The van der Waals surface area contributed by atoms with Gasteiger partial charge >= 0.3 is 0 Å². The van der Waals surface area contributed by atoms with E-state index in [0.29, 0.717) is 0 Å². The van der Waals surface area contributed by atoms with Crippen LogP contribution >= 0.6 is 0 Å². The van der Waals surface area contributed by atoms with Gasteiger partial charge in [0.25, 0.3) is 0 Å². The van der Waals surface area contributed by atoms with Gasteiger partial charge in [-0.05, 0) is 51.7 Å². The highest BCUT2D eigenvalue weighted by Gasteiger charge is 2.18. The van der Waals surface area contributed by atoms with Gasteiger partial charge in [0.05, 0.1) is 0 Å². The number of likely N-dealkylation sites (tertiary alicyclic amines) is 1. The summed E-state index contributed by atoms with van der Waals surface area (Å²) in [6.45, 7) is 10.2. The molecule has 16 heavy (non-hydrogen) atoms. The highest BCUT2D eigenvalue weighted by Crippen LogP contribution is 2.15. The molecule has 1 N–H and O–H groups in total. The van der Waals surface area contributed by atoms with Crippen LogP contribution in [0.2, 0.25) is 0 Å². The summed E-state index contributed by atoms with van der Waals surface area (Å²) in [7, 11) is 0. The third kappa shape index (κ3) is 5.53. The van der Waals surface area contributed by atoms with Gasteiger partial charge in [-0.1, -0.05) is 6.92 Å². The van der Waals surface area contributed by atoms with E-state index >= 15 is 0 Å². The molecule has 1 atom stereocenters. The standard InChI is InChI=1S/C14H26N2/c1-3-5-6-10-16-11-7-8-14(13-16)12-15-9-4-2/h14-15H,4,6-13H2,1-2H3. The van der Waals surface area contributed by atoms with Crippen molar-refractivity contribution in [2.24, 2.45) is 5.92 Å². The van der Waals surface area contributed by atoms with Crippen molar-refractivity contribution >= 4 is 0 Å². The molecule has 2 nitrogen and oxygen atoms in total. The van der Waals surface area contributed by atoms with E-state index in [1.165, 1.54) is 38.9 Å². The zero-order valence-electron chi connectivity index (χ0n) is 10.9. The molecular formula is C14H26N2. The van der Waals surface area contributed by atoms with Crippen LogP contribution in [0.3, 0.4) is 0 Å². The minimum Gasteiger partial charge on any atom is -0.316 e. The van der Waals surface area contributed by atoms with Crippen molar-refractivity contribution in [3.63, 3.8) is 0 Å². The third-order valence-corrected chi connectivity index (χ3v) is 3.19. The zero-order chi connectivity index (χ0) is 11.6. The largest absolute Gasteiger partial charge is 0.316 e. The molecule has 92 valence electrons. The Morgan fingerprint density at radius 3 is 3.06 bits per heavy atom. The fourth-order valence-electron chi connectivity index (χ4n) is 2.34. The first-order chi connectivity index (χ1) is 7.86. The van der Waals surface area contributed by atoms with Crippen LogP contribution in [0, 0.1) is 17.8 Å². The van der Waals surface area contributed by atoms with E-state index in [1.807, 2.05) is 6.92 Å². The predicted octanol–water partition coefficient (Wildman–Crippen LogP) is 2.11. The second-order valence-corrected chi connectivity index (χ2v) is 4.69. The van der Waals surface area contributed by atoms with Crippen molar-refractivity contribution < 1.29 is 0 Å². The van der Waals surface area contributed by atoms with Gasteiger partial charge in [0.1, 0.15) is 0 Å². The molecule has 1 aliphatic heterocycles. The van der Waals surface area contributed by atoms with E-state index < -0.39 is 0 Å². The van der Waals surface area contributed by atoms with Crippen LogP contribution in [0.5, 0.6) is 0 Å². The van der Waals surface area contributed by atoms with Crippen molar-refractivity contribution in [1.29, 1.82) is 0 Å². The monoisotopic (exact) mass is 222 g/mol. The summed E-state index contributed by atoms with van der Waals surface area (Å²) in [5.74, 6) is 6.98. The molecule has 1 unspecified atom stereocenters. The fourth-order valence-corrected chi connectivity index (χ4v) is 2.34. The molecule has 0 spiro atoms. The van der Waals surface area contributed by atoms with Crippen LogP contribution in [0.25, 0.3) is 0 Å². The SMILES string of the molecule is CC#CCCN1CCCC(CNCCC)C1. The van der Waals surface area contributed by atoms with E-state index in [9.17, 15) is 0 Å². The summed E-state index contributed by atoms with van der Waals surface area (Å²) in [5, 5.41) is 3.54. The Morgan fingerprint density at radius 2 is 2.31 bits per heavy atom. The Balaban J connectivity index is 2.15. The second kappa shape index (κ2) is 8.61. The summed E-state index contributed by atoms with van der Waals surface area (Å²) < 4.78 is 0. The van der Waals surface area contributed by atoms with Crippen LogP contribution in [0.4, 0.5) is 0 Å². The Kier molecular flexibility index (Phi) is 7.29. The van der Waals surface area contributed by atoms with Gasteiger partial charge in [-0.25, -0.2) is 0 Å². The Labute approximate surface area is 101 Å². The van der Waals surface area contributed by atoms with Crippen molar-refractivity contribution in [3.05, 3.63) is 0 Å². The Bertz CT molecular complexity index is 227. The van der Waals surface area contributed by atoms with Gasteiger partial charge in [0.2, 0.25) is 0 Å². The van der Waals surface area contributed by atoms with E-state index in [4.69, 9.17) is 0 Å². The highest BCUT2D eigenvalue weighted by molar-refractivity contribution is 4.95. The number of nitrogens with zero attached hydrogens (tertiary/aromatic N) is 1. The van der Waals surface area contributed by atoms with Crippen LogP contribution in [-0.4, -0.2) is 37.6 Å². The zero-order valence-corrected chi connectivity index (χ0v) is 10.9. The predicted molar refractivity (Wildman–Crippen MR) is 70.4 cm³/mol. The smallest absolute Gasteiger partial charge is 0.0216 e. The van der Waals surface area contributed by atoms with Crippen LogP contribution in [0.15, 0.2) is 0 Å². The van der Waals surface area contributed by atoms with Gasteiger partial charge in [-0.3, -0.25) is 0 Å². The lowest BCUT2D eigenvalue weighted by molar-refractivity contribution is 0.176. The van der Waals surface area contributed by atoms with Gasteiger partial charge in [-0.2, -0.15) is 0 Å². The molecule has 1 heterocycles. The van der Waals surface area contributed by atoms with Gasteiger partial charge in [-0.15, -0.1) is 11.8 Å². The minimum atomic E-state index is 0.856. The normalized spacial score (nSPS) is 21.5. The molecule has 1 fully saturated rings. The molecule has 0 aromatic carbocycles. The quantitative estimate of drug-likeness (QED) is 0.547. The number of piperidine rings is 1. The average Bonchev–Trinajstić information content (AvgIpc) is 2.30. The number of hydrogen-bond acceptors (Lipinski definition) is 2. The van der Waals surface area contributed by atoms with Gasteiger partial charge in [0.15, 0.2) is 0 Å². The maximum Gasteiger partial charge on any atom is 0.0216 e. The Morgan fingerprint density at radius 1 is 1.44 bits per heavy atom. The molecule has 1 aliphatic rings. The molecule has 0 saturated carbocycles. The third-order valence-electron chi connectivity index (χ3n) is 3.19. The fraction of sp³-hybridized carbons (Fsp3) is 0.857. The van der Waals surface area contributed by atoms with Crippen LogP contribution in [-0.2, 0) is 0 Å². The molecule has 0 amide bonds. The number of hydrogen-bond donors (Lipinski definition) is 1. The van der Waals surface area contributed by atoms with E-state index in [-0.39, 0.29) is 0 Å². The summed E-state index contributed by atoms with van der Waals surface area (Å²) in [6, 6.07) is 0. The van der Waals surface area contributed by atoms with Gasteiger partial charge in [0, 0.05) is 19.5 Å². The van der Waals surface area contributed by atoms with E-state index in [2.05, 4.69) is 29.0 Å². The summed E-state index contributed by atoms with van der Waals surface area (Å²) in [4.78, 5) is 2.58. The topological polar surface area (TPSA) is 15.3 Å². The molecule has 0 radical (unpaired) electrons. The van der Waals surface area contributed by atoms with Crippen LogP contribution < -0.4 is 5.32 Å². The minimum absolute atomic E-state index is 0.856. The number of nitrogens with one attached hydrogen (secondary N) is 1. The highest BCUT2D eigenvalue weighted by atomic mass is 15.1. The molecule has 0 bridgehead atoms. The molecule has 0 aliphatic carbocycles. The molecular weight excluding hydrogens is 196 g/mol. The van der Waals surface area contributed by atoms with E-state index in [1.54, 1.807) is 0 Å². The maximum atomic E-state index is 3.54. The van der Waals surface area contributed by atoms with Crippen molar-refractivity contribution in [2.75, 3.05) is 32.7 Å². The van der Waals surface area contributed by atoms with Crippen molar-refractivity contribution in [2.45, 2.75) is 39.5 Å². The lowest BCUT2D eigenvalue weighted by Crippen LogP contribution is -2.40. The molecule has 0 aromatic rings. The number of rotatable bonds is 6. The summed E-state index contributed by atoms with van der Waals surface area (Å²) in [6.07, 6.45) is 5.03. The van der Waals surface area contributed by atoms with Crippen molar-refractivity contribution in [1.82, 2.24) is 10.2 Å². The van der Waals surface area contributed by atoms with E-state index in [0.717, 1.165) is 25.4 Å². The maximum absolute atomic E-state index is 3.54.